The Morgan fingerprint density at radius 2 is 1.87 bits per heavy atom. The van der Waals surface area contributed by atoms with Crippen LogP contribution in [0, 0.1) is 35.2 Å². The molecule has 2 bridgehead atoms. The van der Waals surface area contributed by atoms with Crippen LogP contribution in [0.15, 0.2) is 24.5 Å². The Morgan fingerprint density at radius 1 is 1.10 bits per heavy atom. The average Bonchev–Trinajstić information content (AvgIpc) is 2.89. The molecule has 4 atom stereocenters. The van der Waals surface area contributed by atoms with E-state index in [1.807, 2.05) is 0 Å². The maximum atomic E-state index is 14.7. The van der Waals surface area contributed by atoms with E-state index in [4.69, 9.17) is 0 Å². The number of carbonyl (C=O) groups is 1. The number of nitrogens with zero attached hydrogens (tertiary/aromatic N) is 2. The molecule has 9 heteroatoms. The number of carboxylic acid groups (broad SMARTS) is 1. The first kappa shape index (κ1) is 19.8. The van der Waals surface area contributed by atoms with Crippen molar-refractivity contribution in [3.8, 4) is 11.3 Å². The number of carboxylic acids is 1. The number of aromatic amines is 1. The highest BCUT2D eigenvalue weighted by Crippen LogP contribution is 2.44. The molecule has 0 radical (unpaired) electrons. The van der Waals surface area contributed by atoms with Crippen molar-refractivity contribution in [3.05, 3.63) is 42.0 Å². The van der Waals surface area contributed by atoms with Crippen LogP contribution in [-0.4, -0.2) is 32.1 Å². The monoisotopic (exact) mass is 430 g/mol. The molecule has 3 fully saturated rings. The van der Waals surface area contributed by atoms with E-state index >= 15 is 0 Å². The number of halogens is 3. The maximum Gasteiger partial charge on any atom is 0.308 e. The zero-order chi connectivity index (χ0) is 21.7. The standard InChI is InChI=1S/C22H21F3N4O2/c23-12-6-13-14(9-27-20(13)26-8-12)19-15(24)7-16(25)21(29-19)28-18-11-3-1-2-10(4-5-11)17(18)22(30)31/h6-11,17-18H,1-5H2,(H,26,27)(H,28,29)(H,30,31). The molecule has 0 spiro atoms. The molecule has 0 amide bonds. The van der Waals surface area contributed by atoms with E-state index in [2.05, 4.69) is 20.3 Å². The summed E-state index contributed by atoms with van der Waals surface area (Å²) in [5.41, 5.74) is 0.441. The molecule has 0 aromatic carbocycles. The second-order valence-electron chi connectivity index (χ2n) is 8.46. The van der Waals surface area contributed by atoms with Crippen molar-refractivity contribution >= 4 is 22.8 Å². The molecule has 4 unspecified atom stereocenters. The molecule has 3 aromatic heterocycles. The van der Waals surface area contributed by atoms with E-state index in [1.54, 1.807) is 0 Å². The Hall–Kier alpha value is -3.10. The smallest absolute Gasteiger partial charge is 0.308 e. The Bertz CT molecular complexity index is 1160. The molecule has 3 saturated carbocycles. The number of hydrogen-bond acceptors (Lipinski definition) is 4. The van der Waals surface area contributed by atoms with Crippen LogP contribution in [0.3, 0.4) is 0 Å². The Labute approximate surface area is 175 Å². The van der Waals surface area contributed by atoms with Gasteiger partial charge in [0.15, 0.2) is 17.5 Å². The average molecular weight is 430 g/mol. The van der Waals surface area contributed by atoms with Crippen molar-refractivity contribution in [2.45, 2.75) is 38.1 Å². The molecule has 162 valence electrons. The van der Waals surface area contributed by atoms with E-state index in [0.717, 1.165) is 44.4 Å². The summed E-state index contributed by atoms with van der Waals surface area (Å²) in [7, 11) is 0. The van der Waals surface area contributed by atoms with Crippen LogP contribution in [0.25, 0.3) is 22.3 Å². The van der Waals surface area contributed by atoms with Gasteiger partial charge < -0.3 is 15.4 Å². The van der Waals surface area contributed by atoms with Crippen LogP contribution in [0.1, 0.15) is 32.1 Å². The summed E-state index contributed by atoms with van der Waals surface area (Å²) in [5, 5.41) is 13.2. The summed E-state index contributed by atoms with van der Waals surface area (Å²) in [6.45, 7) is 0. The number of anilines is 1. The SMILES string of the molecule is O=C(O)C1C2CCCC(CC2)C1Nc1nc(-c2c[nH]c3ncc(F)cc23)c(F)cc1F. The van der Waals surface area contributed by atoms with Crippen molar-refractivity contribution in [2.24, 2.45) is 17.8 Å². The lowest BCUT2D eigenvalue weighted by Crippen LogP contribution is -2.46. The van der Waals surface area contributed by atoms with E-state index in [1.165, 1.54) is 12.3 Å². The van der Waals surface area contributed by atoms with Crippen LogP contribution in [0.5, 0.6) is 0 Å². The van der Waals surface area contributed by atoms with Crippen molar-refractivity contribution in [1.82, 2.24) is 15.0 Å². The van der Waals surface area contributed by atoms with E-state index < -0.39 is 35.4 Å². The Balaban J connectivity index is 1.56. The molecule has 3 aliphatic carbocycles. The molecule has 3 heterocycles. The summed E-state index contributed by atoms with van der Waals surface area (Å²) >= 11 is 0. The first-order chi connectivity index (χ1) is 14.9. The molecular formula is C22H21F3N4O2. The van der Waals surface area contributed by atoms with E-state index in [-0.39, 0.29) is 28.9 Å². The second-order valence-corrected chi connectivity index (χ2v) is 8.46. The molecule has 0 saturated heterocycles. The third kappa shape index (κ3) is 3.41. The number of pyridine rings is 2. The number of nitrogens with one attached hydrogen (secondary N) is 2. The second kappa shape index (κ2) is 7.55. The van der Waals surface area contributed by atoms with Crippen molar-refractivity contribution in [2.75, 3.05) is 5.32 Å². The molecule has 0 aliphatic heterocycles. The lowest BCUT2D eigenvalue weighted by molar-refractivity contribution is -0.145. The topological polar surface area (TPSA) is 90.9 Å². The first-order valence-electron chi connectivity index (χ1n) is 10.4. The van der Waals surface area contributed by atoms with Gasteiger partial charge in [0, 0.05) is 29.3 Å². The van der Waals surface area contributed by atoms with Gasteiger partial charge in [-0.05, 0) is 43.6 Å². The summed E-state index contributed by atoms with van der Waals surface area (Å²) in [5.74, 6) is -4.02. The van der Waals surface area contributed by atoms with Gasteiger partial charge in [0.25, 0.3) is 0 Å². The summed E-state index contributed by atoms with van der Waals surface area (Å²) < 4.78 is 43.0. The number of hydrogen-bond donors (Lipinski definition) is 3. The van der Waals surface area contributed by atoms with Gasteiger partial charge >= 0.3 is 5.97 Å². The van der Waals surface area contributed by atoms with Gasteiger partial charge in [-0.3, -0.25) is 4.79 Å². The van der Waals surface area contributed by atoms with Crippen LogP contribution >= 0.6 is 0 Å². The number of aliphatic carboxylic acids is 1. The third-order valence-corrected chi connectivity index (χ3v) is 6.73. The van der Waals surface area contributed by atoms with Gasteiger partial charge in [-0.1, -0.05) is 6.42 Å². The molecular weight excluding hydrogens is 409 g/mol. The van der Waals surface area contributed by atoms with Crippen LogP contribution in [0.2, 0.25) is 0 Å². The molecule has 3 aliphatic rings. The predicted molar refractivity (Wildman–Crippen MR) is 108 cm³/mol. The number of rotatable bonds is 4. The number of aromatic nitrogens is 3. The summed E-state index contributed by atoms with van der Waals surface area (Å²) in [6, 6.07) is 1.44. The molecule has 6 rings (SSSR count). The van der Waals surface area contributed by atoms with Crippen molar-refractivity contribution < 1.29 is 23.1 Å². The molecule has 3 aromatic rings. The minimum atomic E-state index is -0.907. The quantitative estimate of drug-likeness (QED) is 0.557. The van der Waals surface area contributed by atoms with Crippen LogP contribution in [-0.2, 0) is 4.79 Å². The van der Waals surface area contributed by atoms with Gasteiger partial charge in [0.1, 0.15) is 17.2 Å². The summed E-state index contributed by atoms with van der Waals surface area (Å²) in [6.07, 6.45) is 6.84. The third-order valence-electron chi connectivity index (χ3n) is 6.73. The first-order valence-corrected chi connectivity index (χ1v) is 10.4. The number of H-pyrrole nitrogens is 1. The minimum absolute atomic E-state index is 0.0272. The zero-order valence-corrected chi connectivity index (χ0v) is 16.5. The Kier molecular flexibility index (Phi) is 4.83. The fourth-order valence-electron chi connectivity index (χ4n) is 5.31. The highest BCUT2D eigenvalue weighted by atomic mass is 19.1. The minimum Gasteiger partial charge on any atom is -0.481 e. The Morgan fingerprint density at radius 3 is 2.68 bits per heavy atom. The molecule has 31 heavy (non-hydrogen) atoms. The lowest BCUT2D eigenvalue weighted by atomic mass is 9.71. The normalized spacial score (nSPS) is 25.5. The van der Waals surface area contributed by atoms with Crippen molar-refractivity contribution in [3.63, 3.8) is 0 Å². The number of fused-ring (bicyclic) bond motifs is 5. The van der Waals surface area contributed by atoms with Gasteiger partial charge in [-0.15, -0.1) is 0 Å². The van der Waals surface area contributed by atoms with Crippen LogP contribution < -0.4 is 5.32 Å². The van der Waals surface area contributed by atoms with Gasteiger partial charge in [-0.25, -0.2) is 23.1 Å². The van der Waals surface area contributed by atoms with Gasteiger partial charge in [0.05, 0.1) is 12.1 Å². The highest BCUT2D eigenvalue weighted by Gasteiger charge is 2.45. The largest absolute Gasteiger partial charge is 0.481 e. The fraction of sp³-hybridized carbons (Fsp3) is 0.409. The van der Waals surface area contributed by atoms with E-state index in [9.17, 15) is 23.1 Å². The molecule has 3 N–H and O–H groups in total. The fourth-order valence-corrected chi connectivity index (χ4v) is 5.31. The zero-order valence-electron chi connectivity index (χ0n) is 16.5. The van der Waals surface area contributed by atoms with Gasteiger partial charge in [0.2, 0.25) is 0 Å². The molecule has 6 nitrogen and oxygen atoms in total. The van der Waals surface area contributed by atoms with Crippen LogP contribution in [0.4, 0.5) is 19.0 Å². The van der Waals surface area contributed by atoms with Gasteiger partial charge in [-0.2, -0.15) is 0 Å². The van der Waals surface area contributed by atoms with Crippen molar-refractivity contribution in [1.29, 1.82) is 0 Å². The summed E-state index contributed by atoms with van der Waals surface area (Å²) in [4.78, 5) is 22.9. The maximum absolute atomic E-state index is 14.7. The highest BCUT2D eigenvalue weighted by molar-refractivity contribution is 5.92. The van der Waals surface area contributed by atoms with E-state index in [0.29, 0.717) is 11.0 Å². The predicted octanol–water partition coefficient (Wildman–Crippen LogP) is 4.73. The lowest BCUT2D eigenvalue weighted by Gasteiger charge is -2.39.